The molecule has 5 nitrogen and oxygen atoms in total. The van der Waals surface area contributed by atoms with Crippen LogP contribution in [0.2, 0.25) is 0 Å². The maximum Gasteiger partial charge on any atom is 0.277 e. The Kier molecular flexibility index (Phi) is 3.00. The highest BCUT2D eigenvalue weighted by Gasteiger charge is 2.08. The van der Waals surface area contributed by atoms with Gasteiger partial charge in [-0.2, -0.15) is 15.4 Å². The first-order valence-corrected chi connectivity index (χ1v) is 6.38. The van der Waals surface area contributed by atoms with Gasteiger partial charge in [0, 0.05) is 10.2 Å². The molecule has 3 aromatic rings. The molecule has 1 amide bonds. The first-order valence-electron chi connectivity index (χ1n) is 5.59. The van der Waals surface area contributed by atoms with Gasteiger partial charge in [-0.15, -0.1) is 0 Å². The quantitative estimate of drug-likeness (QED) is 0.763. The van der Waals surface area contributed by atoms with Gasteiger partial charge in [-0.3, -0.25) is 4.79 Å². The molecule has 2 N–H and O–H groups in total. The van der Waals surface area contributed by atoms with Crippen LogP contribution in [0, 0.1) is 0 Å². The molecule has 3 rings (SSSR count). The van der Waals surface area contributed by atoms with E-state index in [1.165, 1.54) is 6.20 Å². The molecule has 0 aliphatic rings. The largest absolute Gasteiger partial charge is 0.321 e. The number of hydrogen-bond donors (Lipinski definition) is 2. The number of carbonyl (C=O) groups is 1. The number of rotatable bonds is 2. The fourth-order valence-corrected chi connectivity index (χ4v) is 2.18. The van der Waals surface area contributed by atoms with Crippen molar-refractivity contribution in [3.05, 3.63) is 52.8 Å². The first kappa shape index (κ1) is 11.9. The fraction of sp³-hybridized carbons (Fsp3) is 0. The van der Waals surface area contributed by atoms with E-state index in [2.05, 4.69) is 36.7 Å². The van der Waals surface area contributed by atoms with Crippen LogP contribution in [0.4, 0.5) is 5.69 Å². The van der Waals surface area contributed by atoms with E-state index < -0.39 is 0 Å². The van der Waals surface area contributed by atoms with Gasteiger partial charge in [0.2, 0.25) is 0 Å². The molecule has 2 aromatic carbocycles. The summed E-state index contributed by atoms with van der Waals surface area (Å²) in [6.07, 6.45) is 1.38. The van der Waals surface area contributed by atoms with E-state index in [9.17, 15) is 4.79 Å². The number of carbonyl (C=O) groups excluding carboxylic acids is 1. The Bertz CT molecular complexity index is 739. The van der Waals surface area contributed by atoms with Crippen molar-refractivity contribution in [2.24, 2.45) is 0 Å². The van der Waals surface area contributed by atoms with E-state index in [0.29, 0.717) is 0 Å². The second-order valence-corrected chi connectivity index (χ2v) is 4.93. The minimum atomic E-state index is -0.287. The molecule has 0 radical (unpaired) electrons. The third-order valence-electron chi connectivity index (χ3n) is 2.71. The van der Waals surface area contributed by atoms with Gasteiger partial charge >= 0.3 is 0 Å². The summed E-state index contributed by atoms with van der Waals surface area (Å²) in [6, 6.07) is 11.7. The summed E-state index contributed by atoms with van der Waals surface area (Å²) in [5.74, 6) is -0.287. The lowest BCUT2D eigenvalue weighted by Crippen LogP contribution is -2.12. The number of amides is 1. The van der Waals surface area contributed by atoms with E-state index in [4.69, 9.17) is 0 Å². The number of aromatic nitrogens is 3. The van der Waals surface area contributed by atoms with Gasteiger partial charge in [0.25, 0.3) is 5.91 Å². The zero-order chi connectivity index (χ0) is 13.2. The maximum absolute atomic E-state index is 11.8. The second kappa shape index (κ2) is 4.81. The Hall–Kier alpha value is -2.21. The first-order chi connectivity index (χ1) is 9.22. The molecule has 0 spiro atoms. The molecule has 0 unspecified atom stereocenters. The third kappa shape index (κ3) is 2.48. The molecule has 94 valence electrons. The minimum absolute atomic E-state index is 0.260. The van der Waals surface area contributed by atoms with Gasteiger partial charge in [0.15, 0.2) is 5.69 Å². The van der Waals surface area contributed by atoms with Crippen LogP contribution < -0.4 is 5.32 Å². The van der Waals surface area contributed by atoms with Gasteiger partial charge in [0.1, 0.15) is 0 Å². The predicted molar refractivity (Wildman–Crippen MR) is 76.0 cm³/mol. The number of benzene rings is 2. The summed E-state index contributed by atoms with van der Waals surface area (Å²) in [7, 11) is 0. The Morgan fingerprint density at radius 1 is 1.16 bits per heavy atom. The van der Waals surface area contributed by atoms with E-state index in [1.807, 2.05) is 36.4 Å². The number of nitrogens with one attached hydrogen (secondary N) is 2. The van der Waals surface area contributed by atoms with Crippen molar-refractivity contribution in [3.63, 3.8) is 0 Å². The van der Waals surface area contributed by atoms with Crippen LogP contribution in [-0.2, 0) is 0 Å². The number of nitrogens with zero attached hydrogens (tertiary/aromatic N) is 2. The zero-order valence-electron chi connectivity index (χ0n) is 9.72. The summed E-state index contributed by atoms with van der Waals surface area (Å²) in [5.41, 5.74) is 0.985. The fourth-order valence-electron chi connectivity index (χ4n) is 1.80. The lowest BCUT2D eigenvalue weighted by atomic mass is 10.1. The maximum atomic E-state index is 11.8. The van der Waals surface area contributed by atoms with Gasteiger partial charge in [0.05, 0.1) is 6.20 Å². The van der Waals surface area contributed by atoms with Crippen molar-refractivity contribution < 1.29 is 4.79 Å². The summed E-state index contributed by atoms with van der Waals surface area (Å²) in [6.45, 7) is 0. The third-order valence-corrected chi connectivity index (χ3v) is 3.20. The number of H-pyrrole nitrogens is 1. The molecule has 0 saturated carbocycles. The van der Waals surface area contributed by atoms with Crippen LogP contribution in [0.3, 0.4) is 0 Å². The van der Waals surface area contributed by atoms with Crippen molar-refractivity contribution in [2.75, 3.05) is 5.32 Å². The average molecular weight is 317 g/mol. The van der Waals surface area contributed by atoms with Crippen molar-refractivity contribution >= 4 is 38.3 Å². The lowest BCUT2D eigenvalue weighted by molar-refractivity contribution is 0.102. The molecule has 6 heteroatoms. The van der Waals surface area contributed by atoms with Crippen LogP contribution in [-0.4, -0.2) is 21.3 Å². The Morgan fingerprint density at radius 2 is 1.95 bits per heavy atom. The number of hydrogen-bond acceptors (Lipinski definition) is 3. The van der Waals surface area contributed by atoms with Crippen molar-refractivity contribution in [3.8, 4) is 0 Å². The van der Waals surface area contributed by atoms with Crippen LogP contribution in [0.5, 0.6) is 0 Å². The number of anilines is 1. The van der Waals surface area contributed by atoms with E-state index >= 15 is 0 Å². The highest BCUT2D eigenvalue weighted by atomic mass is 79.9. The smallest absolute Gasteiger partial charge is 0.277 e. The average Bonchev–Trinajstić information content (AvgIpc) is 2.93. The highest BCUT2D eigenvalue weighted by molar-refractivity contribution is 9.10. The summed E-state index contributed by atoms with van der Waals surface area (Å²) < 4.78 is 1.03. The summed E-state index contributed by atoms with van der Waals surface area (Å²) in [4.78, 5) is 11.8. The molecule has 0 aliphatic heterocycles. The van der Waals surface area contributed by atoms with E-state index in [-0.39, 0.29) is 11.6 Å². The van der Waals surface area contributed by atoms with Crippen molar-refractivity contribution in [1.29, 1.82) is 0 Å². The molecule has 0 atom stereocenters. The Morgan fingerprint density at radius 3 is 2.74 bits per heavy atom. The van der Waals surface area contributed by atoms with Crippen molar-refractivity contribution in [1.82, 2.24) is 15.4 Å². The number of aromatic amines is 1. The molecule has 0 saturated heterocycles. The van der Waals surface area contributed by atoms with Crippen LogP contribution in [0.15, 0.2) is 47.1 Å². The lowest BCUT2D eigenvalue weighted by Gasteiger charge is -2.05. The second-order valence-electron chi connectivity index (χ2n) is 4.02. The van der Waals surface area contributed by atoms with Crippen molar-refractivity contribution in [2.45, 2.75) is 0 Å². The molecular weight excluding hydrogens is 308 g/mol. The molecular formula is C13H9BrN4O. The number of fused-ring (bicyclic) bond motifs is 1. The Labute approximate surface area is 117 Å². The monoisotopic (exact) mass is 316 g/mol. The van der Waals surface area contributed by atoms with Gasteiger partial charge in [-0.05, 0) is 35.0 Å². The predicted octanol–water partition coefficient (Wildman–Crippen LogP) is 2.97. The molecule has 0 fully saturated rings. The van der Waals surface area contributed by atoms with E-state index in [1.54, 1.807) is 0 Å². The van der Waals surface area contributed by atoms with Crippen LogP contribution >= 0.6 is 15.9 Å². The minimum Gasteiger partial charge on any atom is -0.321 e. The van der Waals surface area contributed by atoms with Gasteiger partial charge in [-0.1, -0.05) is 28.1 Å². The Balaban J connectivity index is 1.89. The normalized spacial score (nSPS) is 10.6. The van der Waals surface area contributed by atoms with Crippen LogP contribution in [0.1, 0.15) is 10.5 Å². The summed E-state index contributed by atoms with van der Waals surface area (Å²) >= 11 is 3.43. The molecule has 1 aromatic heterocycles. The molecule has 0 aliphatic carbocycles. The zero-order valence-corrected chi connectivity index (χ0v) is 11.3. The molecule has 19 heavy (non-hydrogen) atoms. The number of halogens is 1. The standard InChI is InChI=1S/C13H9BrN4O/c14-10-3-1-9-6-11(4-2-8(9)5-10)16-13(19)12-7-15-18-17-12/h1-7H,(H,16,19)(H,15,17,18). The highest BCUT2D eigenvalue weighted by Crippen LogP contribution is 2.23. The molecule has 0 bridgehead atoms. The summed E-state index contributed by atoms with van der Waals surface area (Å²) in [5, 5.41) is 14.7. The van der Waals surface area contributed by atoms with Gasteiger partial charge in [-0.25, -0.2) is 0 Å². The topological polar surface area (TPSA) is 70.7 Å². The van der Waals surface area contributed by atoms with E-state index in [0.717, 1.165) is 20.9 Å². The SMILES string of the molecule is O=C(Nc1ccc2cc(Br)ccc2c1)c1cn[nH]n1. The van der Waals surface area contributed by atoms with Gasteiger partial charge < -0.3 is 5.32 Å². The van der Waals surface area contributed by atoms with Crippen LogP contribution in [0.25, 0.3) is 10.8 Å². The molecule has 1 heterocycles.